The van der Waals surface area contributed by atoms with Crippen molar-refractivity contribution < 1.29 is 14.2 Å². The van der Waals surface area contributed by atoms with Crippen molar-refractivity contribution in [1.82, 2.24) is 20.2 Å². The van der Waals surface area contributed by atoms with Gasteiger partial charge in [-0.3, -0.25) is 5.10 Å². The highest BCUT2D eigenvalue weighted by Crippen LogP contribution is 2.34. The number of morpholine rings is 1. The Hall–Kier alpha value is -2.71. The van der Waals surface area contributed by atoms with E-state index in [0.29, 0.717) is 25.4 Å². The van der Waals surface area contributed by atoms with Gasteiger partial charge in [0.1, 0.15) is 23.6 Å². The van der Waals surface area contributed by atoms with Crippen LogP contribution < -0.4 is 9.64 Å². The van der Waals surface area contributed by atoms with Gasteiger partial charge >= 0.3 is 0 Å². The zero-order valence-electron chi connectivity index (χ0n) is 17.0. The zero-order valence-corrected chi connectivity index (χ0v) is 17.0. The number of fused-ring (bicyclic) bond motifs is 3. The molecule has 3 aliphatic heterocycles. The molecule has 3 aromatic rings. The van der Waals surface area contributed by atoms with Gasteiger partial charge in [0.2, 0.25) is 0 Å². The average Bonchev–Trinajstić information content (AvgIpc) is 3.32. The van der Waals surface area contributed by atoms with E-state index in [4.69, 9.17) is 14.2 Å². The van der Waals surface area contributed by atoms with Crippen molar-refractivity contribution in [3.05, 3.63) is 30.6 Å². The van der Waals surface area contributed by atoms with E-state index in [1.807, 2.05) is 24.3 Å². The predicted octanol–water partition coefficient (Wildman–Crippen LogP) is 2.95. The summed E-state index contributed by atoms with van der Waals surface area (Å²) in [6.45, 7) is 5.17. The van der Waals surface area contributed by atoms with Gasteiger partial charge in [0.25, 0.3) is 0 Å². The van der Waals surface area contributed by atoms with Crippen LogP contribution in [0.3, 0.4) is 0 Å². The van der Waals surface area contributed by atoms with Gasteiger partial charge in [-0.05, 0) is 37.5 Å². The summed E-state index contributed by atoms with van der Waals surface area (Å²) < 4.78 is 17.6. The van der Waals surface area contributed by atoms with E-state index in [1.165, 1.54) is 0 Å². The molecule has 0 spiro atoms. The van der Waals surface area contributed by atoms with Gasteiger partial charge in [-0.15, -0.1) is 0 Å². The molecule has 3 aliphatic rings. The van der Waals surface area contributed by atoms with Crippen molar-refractivity contribution in [2.75, 3.05) is 31.2 Å². The van der Waals surface area contributed by atoms with Crippen molar-refractivity contribution in [2.45, 2.75) is 44.0 Å². The molecule has 0 aliphatic carbocycles. The monoisotopic (exact) mass is 407 g/mol. The second kappa shape index (κ2) is 6.92. The third-order valence-corrected chi connectivity index (χ3v) is 6.51. The molecule has 8 nitrogen and oxygen atoms in total. The quantitative estimate of drug-likeness (QED) is 0.696. The summed E-state index contributed by atoms with van der Waals surface area (Å²) >= 11 is 0. The molecule has 2 unspecified atom stereocenters. The highest BCUT2D eigenvalue weighted by molar-refractivity contribution is 5.93. The maximum absolute atomic E-state index is 6.28. The lowest BCUT2D eigenvalue weighted by molar-refractivity contribution is -0.162. The first-order valence-electron chi connectivity index (χ1n) is 10.7. The minimum absolute atomic E-state index is 0.213. The number of benzene rings is 1. The fourth-order valence-corrected chi connectivity index (χ4v) is 4.62. The molecule has 6 rings (SSSR count). The second-order valence-electron chi connectivity index (χ2n) is 8.53. The number of ether oxygens (including phenoxy) is 3. The Morgan fingerprint density at radius 2 is 2.00 bits per heavy atom. The summed E-state index contributed by atoms with van der Waals surface area (Å²) in [6, 6.07) is 8.06. The van der Waals surface area contributed by atoms with Gasteiger partial charge in [0.15, 0.2) is 5.60 Å². The SMILES string of the molecule is CCC1(Oc2ccc3[nH]nc(-c4cc(N5CC6CCC(C5)O6)ncn4)c3c2)COC1. The molecule has 3 fully saturated rings. The average molecular weight is 407 g/mol. The summed E-state index contributed by atoms with van der Waals surface area (Å²) in [4.78, 5) is 11.4. The first kappa shape index (κ1) is 18.1. The van der Waals surface area contributed by atoms with Crippen molar-refractivity contribution in [1.29, 1.82) is 0 Å². The van der Waals surface area contributed by atoms with E-state index in [1.54, 1.807) is 6.33 Å². The van der Waals surface area contributed by atoms with Crippen LogP contribution in [0.15, 0.2) is 30.6 Å². The lowest BCUT2D eigenvalue weighted by Crippen LogP contribution is -2.53. The first-order valence-corrected chi connectivity index (χ1v) is 10.7. The van der Waals surface area contributed by atoms with E-state index < -0.39 is 0 Å². The summed E-state index contributed by atoms with van der Waals surface area (Å²) in [5, 5.41) is 8.66. The molecule has 2 aromatic heterocycles. The number of H-pyrrole nitrogens is 1. The smallest absolute Gasteiger partial charge is 0.155 e. The number of aromatic nitrogens is 4. The van der Waals surface area contributed by atoms with Crippen LogP contribution in [0.4, 0.5) is 5.82 Å². The molecule has 0 amide bonds. The number of hydrogen-bond acceptors (Lipinski definition) is 7. The van der Waals surface area contributed by atoms with Gasteiger partial charge in [0, 0.05) is 24.5 Å². The Balaban J connectivity index is 1.32. The molecule has 2 bridgehead atoms. The minimum atomic E-state index is -0.213. The normalized spacial score (nSPS) is 24.8. The standard InChI is InChI=1S/C22H25N5O3/c1-2-22(11-28-12-22)30-14-5-6-18-17(7-14)21(26-25-18)19-8-20(24-13-23-19)27-9-15-3-4-16(10-27)29-15/h5-8,13,15-16H,2-4,9-12H2,1H3,(H,25,26). The van der Waals surface area contributed by atoms with Crippen molar-refractivity contribution >= 4 is 16.7 Å². The third kappa shape index (κ3) is 3.02. The molecule has 30 heavy (non-hydrogen) atoms. The largest absolute Gasteiger partial charge is 0.482 e. The van der Waals surface area contributed by atoms with Crippen LogP contribution in [0.1, 0.15) is 26.2 Å². The number of nitrogens with one attached hydrogen (secondary N) is 1. The van der Waals surface area contributed by atoms with Crippen molar-refractivity contribution in [3.8, 4) is 17.1 Å². The summed E-state index contributed by atoms with van der Waals surface area (Å²) in [6.07, 6.45) is 5.44. The Morgan fingerprint density at radius 1 is 1.17 bits per heavy atom. The summed E-state index contributed by atoms with van der Waals surface area (Å²) in [5.74, 6) is 1.76. The van der Waals surface area contributed by atoms with E-state index in [-0.39, 0.29) is 5.60 Å². The highest BCUT2D eigenvalue weighted by atomic mass is 16.6. The topological polar surface area (TPSA) is 85.4 Å². The maximum Gasteiger partial charge on any atom is 0.155 e. The lowest BCUT2D eigenvalue weighted by atomic mass is 9.98. The Labute approximate surface area is 174 Å². The molecule has 1 N–H and O–H groups in total. The molecule has 156 valence electrons. The molecular formula is C22H25N5O3. The molecular weight excluding hydrogens is 382 g/mol. The minimum Gasteiger partial charge on any atom is -0.482 e. The van der Waals surface area contributed by atoms with Crippen LogP contribution >= 0.6 is 0 Å². The Morgan fingerprint density at radius 3 is 2.73 bits per heavy atom. The maximum atomic E-state index is 6.28. The van der Waals surface area contributed by atoms with Crippen LogP contribution in [0.2, 0.25) is 0 Å². The molecule has 0 radical (unpaired) electrons. The number of anilines is 1. The molecule has 5 heterocycles. The lowest BCUT2D eigenvalue weighted by Gasteiger charge is -2.40. The van der Waals surface area contributed by atoms with Crippen molar-refractivity contribution in [2.24, 2.45) is 0 Å². The van der Waals surface area contributed by atoms with E-state index >= 15 is 0 Å². The van der Waals surface area contributed by atoms with Crippen LogP contribution in [-0.4, -0.2) is 64.3 Å². The van der Waals surface area contributed by atoms with Crippen molar-refractivity contribution in [3.63, 3.8) is 0 Å². The number of hydrogen-bond donors (Lipinski definition) is 1. The van der Waals surface area contributed by atoms with Crippen LogP contribution in [0.25, 0.3) is 22.3 Å². The highest BCUT2D eigenvalue weighted by Gasteiger charge is 2.39. The first-order chi connectivity index (χ1) is 14.7. The fourth-order valence-electron chi connectivity index (χ4n) is 4.62. The van der Waals surface area contributed by atoms with Gasteiger partial charge in [-0.25, -0.2) is 9.97 Å². The zero-order chi connectivity index (χ0) is 20.1. The van der Waals surface area contributed by atoms with Gasteiger partial charge in [-0.2, -0.15) is 5.10 Å². The summed E-state index contributed by atoms with van der Waals surface area (Å²) in [7, 11) is 0. The molecule has 8 heteroatoms. The van der Waals surface area contributed by atoms with Crippen LogP contribution in [0, 0.1) is 0 Å². The van der Waals surface area contributed by atoms with Gasteiger partial charge < -0.3 is 19.1 Å². The molecule has 1 aromatic carbocycles. The Kier molecular flexibility index (Phi) is 4.17. The Bertz CT molecular complexity index is 1060. The van der Waals surface area contributed by atoms with E-state index in [2.05, 4.69) is 32.0 Å². The predicted molar refractivity (Wildman–Crippen MR) is 112 cm³/mol. The molecule has 2 atom stereocenters. The fraction of sp³-hybridized carbons (Fsp3) is 0.500. The summed E-state index contributed by atoms with van der Waals surface area (Å²) in [5.41, 5.74) is 2.36. The van der Waals surface area contributed by atoms with Crippen LogP contribution in [-0.2, 0) is 9.47 Å². The van der Waals surface area contributed by atoms with Crippen LogP contribution in [0.5, 0.6) is 5.75 Å². The van der Waals surface area contributed by atoms with Gasteiger partial charge in [-0.1, -0.05) is 6.92 Å². The molecule has 0 saturated carbocycles. The number of nitrogens with zero attached hydrogens (tertiary/aromatic N) is 4. The van der Waals surface area contributed by atoms with E-state index in [0.717, 1.165) is 66.2 Å². The second-order valence-corrected chi connectivity index (χ2v) is 8.53. The van der Waals surface area contributed by atoms with Gasteiger partial charge in [0.05, 0.1) is 36.6 Å². The number of rotatable bonds is 5. The number of aromatic amines is 1. The molecule has 3 saturated heterocycles. The third-order valence-electron chi connectivity index (χ3n) is 6.51. The van der Waals surface area contributed by atoms with E-state index in [9.17, 15) is 0 Å².